The summed E-state index contributed by atoms with van der Waals surface area (Å²) in [6, 6.07) is 7.30. The lowest BCUT2D eigenvalue weighted by Crippen LogP contribution is -2.46. The van der Waals surface area contributed by atoms with E-state index in [2.05, 4.69) is 10.6 Å². The Kier molecular flexibility index (Phi) is 4.53. The number of amides is 2. The Labute approximate surface area is 114 Å². The van der Waals surface area contributed by atoms with Crippen LogP contribution in [0.25, 0.3) is 0 Å². The highest BCUT2D eigenvalue weighted by Gasteiger charge is 2.20. The minimum Gasteiger partial charge on any atom is -0.378 e. The molecule has 19 heavy (non-hydrogen) atoms. The molecule has 0 aromatic heterocycles. The summed E-state index contributed by atoms with van der Waals surface area (Å²) >= 11 is 0. The number of carbonyl (C=O) groups excluding carboxylic acids is 2. The number of hydrogen-bond donors (Lipinski definition) is 2. The Morgan fingerprint density at radius 3 is 2.26 bits per heavy atom. The molecule has 5 heteroatoms. The molecule has 0 saturated carbocycles. The molecule has 0 heterocycles. The smallest absolute Gasteiger partial charge is 0.313 e. The monoisotopic (exact) mass is 263 g/mol. The lowest BCUT2D eigenvalue weighted by molar-refractivity contribution is -0.137. The van der Waals surface area contributed by atoms with E-state index in [4.69, 9.17) is 0 Å². The van der Waals surface area contributed by atoms with E-state index < -0.39 is 17.4 Å². The maximum atomic E-state index is 11.7. The quantitative estimate of drug-likeness (QED) is 0.797. The third kappa shape index (κ3) is 4.99. The Morgan fingerprint density at radius 2 is 1.74 bits per heavy atom. The number of carbonyl (C=O) groups is 2. The Morgan fingerprint density at radius 1 is 1.11 bits per heavy atom. The van der Waals surface area contributed by atoms with Crippen molar-refractivity contribution in [3.05, 3.63) is 24.3 Å². The fourth-order valence-electron chi connectivity index (χ4n) is 1.45. The van der Waals surface area contributed by atoms with Crippen LogP contribution in [-0.4, -0.2) is 31.4 Å². The van der Waals surface area contributed by atoms with E-state index >= 15 is 0 Å². The van der Waals surface area contributed by atoms with Crippen molar-refractivity contribution in [1.29, 1.82) is 0 Å². The lowest BCUT2D eigenvalue weighted by Gasteiger charge is -2.20. The van der Waals surface area contributed by atoms with Crippen LogP contribution in [0.15, 0.2) is 24.3 Å². The first-order valence-corrected chi connectivity index (χ1v) is 6.10. The average Bonchev–Trinajstić information content (AvgIpc) is 2.27. The van der Waals surface area contributed by atoms with Crippen LogP contribution >= 0.6 is 0 Å². The van der Waals surface area contributed by atoms with Crippen LogP contribution in [0.1, 0.15) is 20.8 Å². The van der Waals surface area contributed by atoms with Gasteiger partial charge in [0.25, 0.3) is 0 Å². The van der Waals surface area contributed by atoms with E-state index in [1.807, 2.05) is 58.0 Å². The first-order chi connectivity index (χ1) is 8.69. The van der Waals surface area contributed by atoms with Gasteiger partial charge in [-0.05, 0) is 39.0 Å². The summed E-state index contributed by atoms with van der Waals surface area (Å²) in [6.45, 7) is 5.47. The summed E-state index contributed by atoms with van der Waals surface area (Å²) in [5, 5.41) is 5.20. The number of rotatable bonds is 2. The molecule has 1 rings (SSSR count). The summed E-state index contributed by atoms with van der Waals surface area (Å²) in [5.74, 6) is -1.30. The predicted octanol–water partition coefficient (Wildman–Crippen LogP) is 1.61. The van der Waals surface area contributed by atoms with Crippen LogP contribution in [0.4, 0.5) is 11.4 Å². The standard InChI is InChI=1S/C14H21N3O2/c1-14(2,3)16-13(19)12(18)15-10-7-6-8-11(9-10)17(4)5/h6-9H,1-5H3,(H,15,18)(H,16,19). The van der Waals surface area contributed by atoms with Crippen molar-refractivity contribution in [3.63, 3.8) is 0 Å². The molecule has 0 saturated heterocycles. The normalized spacial score (nSPS) is 10.8. The van der Waals surface area contributed by atoms with Gasteiger partial charge in [-0.25, -0.2) is 0 Å². The molecule has 0 aliphatic rings. The molecule has 0 radical (unpaired) electrons. The molecule has 1 aromatic rings. The highest BCUT2D eigenvalue weighted by molar-refractivity contribution is 6.39. The third-order valence-corrected chi connectivity index (χ3v) is 2.32. The van der Waals surface area contributed by atoms with E-state index in [1.54, 1.807) is 6.07 Å². The van der Waals surface area contributed by atoms with Crippen LogP contribution < -0.4 is 15.5 Å². The van der Waals surface area contributed by atoms with Gasteiger partial charge in [0.1, 0.15) is 0 Å². The van der Waals surface area contributed by atoms with Gasteiger partial charge in [-0.1, -0.05) is 6.07 Å². The molecule has 104 valence electrons. The molecule has 2 amide bonds. The molecule has 0 atom stereocenters. The maximum Gasteiger partial charge on any atom is 0.313 e. The van der Waals surface area contributed by atoms with E-state index in [0.29, 0.717) is 5.69 Å². The highest BCUT2D eigenvalue weighted by Crippen LogP contribution is 2.17. The van der Waals surface area contributed by atoms with Gasteiger partial charge in [-0.3, -0.25) is 9.59 Å². The van der Waals surface area contributed by atoms with Crippen LogP contribution in [0.5, 0.6) is 0 Å². The zero-order valence-corrected chi connectivity index (χ0v) is 12.1. The van der Waals surface area contributed by atoms with E-state index in [-0.39, 0.29) is 0 Å². The van der Waals surface area contributed by atoms with Gasteiger partial charge in [0, 0.05) is 31.0 Å². The second kappa shape index (κ2) is 5.73. The zero-order chi connectivity index (χ0) is 14.6. The summed E-state index contributed by atoms with van der Waals surface area (Å²) in [6.07, 6.45) is 0. The number of nitrogens with zero attached hydrogens (tertiary/aromatic N) is 1. The summed E-state index contributed by atoms with van der Waals surface area (Å²) in [5.41, 5.74) is 1.12. The van der Waals surface area contributed by atoms with Gasteiger partial charge in [-0.2, -0.15) is 0 Å². The van der Waals surface area contributed by atoms with Gasteiger partial charge in [0.2, 0.25) is 0 Å². The zero-order valence-electron chi connectivity index (χ0n) is 12.1. The van der Waals surface area contributed by atoms with Crippen LogP contribution in [0.3, 0.4) is 0 Å². The molecular formula is C14H21N3O2. The van der Waals surface area contributed by atoms with E-state index in [1.165, 1.54) is 0 Å². The summed E-state index contributed by atoms with van der Waals surface area (Å²) in [7, 11) is 3.82. The second-order valence-corrected chi connectivity index (χ2v) is 5.60. The summed E-state index contributed by atoms with van der Waals surface area (Å²) in [4.78, 5) is 25.3. The van der Waals surface area contributed by atoms with E-state index in [9.17, 15) is 9.59 Å². The van der Waals surface area contributed by atoms with Crippen LogP contribution in [0, 0.1) is 0 Å². The molecule has 0 aliphatic heterocycles. The van der Waals surface area contributed by atoms with E-state index in [0.717, 1.165) is 5.69 Å². The third-order valence-electron chi connectivity index (χ3n) is 2.32. The first kappa shape index (κ1) is 15.0. The molecule has 0 unspecified atom stereocenters. The highest BCUT2D eigenvalue weighted by atomic mass is 16.2. The SMILES string of the molecule is CN(C)c1cccc(NC(=O)C(=O)NC(C)(C)C)c1. The number of benzene rings is 1. The van der Waals surface area contributed by atoms with Gasteiger partial charge < -0.3 is 15.5 Å². The van der Waals surface area contributed by atoms with Gasteiger partial charge >= 0.3 is 11.8 Å². The Bertz CT molecular complexity index is 476. The molecule has 0 bridgehead atoms. The molecule has 5 nitrogen and oxygen atoms in total. The topological polar surface area (TPSA) is 61.4 Å². The maximum absolute atomic E-state index is 11.7. The van der Waals surface area contributed by atoms with Crippen molar-refractivity contribution in [2.75, 3.05) is 24.3 Å². The number of hydrogen-bond acceptors (Lipinski definition) is 3. The second-order valence-electron chi connectivity index (χ2n) is 5.60. The van der Waals surface area contributed by atoms with Crippen molar-refractivity contribution in [2.45, 2.75) is 26.3 Å². The first-order valence-electron chi connectivity index (χ1n) is 6.10. The average molecular weight is 263 g/mol. The van der Waals surface area contributed by atoms with Crippen molar-refractivity contribution in [2.24, 2.45) is 0 Å². The number of nitrogens with one attached hydrogen (secondary N) is 2. The number of anilines is 2. The molecule has 2 N–H and O–H groups in total. The minimum absolute atomic E-state index is 0.431. The Balaban J connectivity index is 2.72. The van der Waals surface area contributed by atoms with Crippen molar-refractivity contribution in [1.82, 2.24) is 5.32 Å². The molecule has 0 fully saturated rings. The van der Waals surface area contributed by atoms with Gasteiger partial charge in [-0.15, -0.1) is 0 Å². The fraction of sp³-hybridized carbons (Fsp3) is 0.429. The molecule has 0 spiro atoms. The van der Waals surface area contributed by atoms with Crippen LogP contribution in [-0.2, 0) is 9.59 Å². The fourth-order valence-corrected chi connectivity index (χ4v) is 1.45. The van der Waals surface area contributed by atoms with Gasteiger partial charge in [0.15, 0.2) is 0 Å². The minimum atomic E-state index is -0.661. The largest absolute Gasteiger partial charge is 0.378 e. The van der Waals surface area contributed by atoms with Crippen molar-refractivity contribution in [3.8, 4) is 0 Å². The lowest BCUT2D eigenvalue weighted by atomic mass is 10.1. The van der Waals surface area contributed by atoms with Crippen molar-refractivity contribution < 1.29 is 9.59 Å². The predicted molar refractivity (Wildman–Crippen MR) is 77.3 cm³/mol. The van der Waals surface area contributed by atoms with Crippen molar-refractivity contribution >= 4 is 23.2 Å². The van der Waals surface area contributed by atoms with Gasteiger partial charge in [0.05, 0.1) is 0 Å². The summed E-state index contributed by atoms with van der Waals surface area (Å²) < 4.78 is 0. The van der Waals surface area contributed by atoms with Crippen LogP contribution in [0.2, 0.25) is 0 Å². The molecule has 1 aromatic carbocycles. The molecular weight excluding hydrogens is 242 g/mol. The Hall–Kier alpha value is -2.04. The molecule has 0 aliphatic carbocycles.